The Morgan fingerprint density at radius 3 is 2.47 bits per heavy atom. The van der Waals surface area contributed by atoms with Crippen molar-refractivity contribution in [3.8, 4) is 27.4 Å². The standard InChI is InChI=1S/C22H23F4N5O2S.C2H6/c1-2-13-5-7-18(34-13)15-11-17(29-21(32)19(15)20(27)30-31-28)14-6-4-12(10-16(14)23)33-9-3-8-22(24,25)26;1-2/h4-7,10-11,31H,2-3,8-9,28H2,1H3,(H2,27,30)(H,29,32);1-2H3. The minimum absolute atomic E-state index is 0.0762. The molecule has 1 aromatic carbocycles. The number of aromatic amines is 1. The van der Waals surface area contributed by atoms with Crippen molar-refractivity contribution in [2.75, 3.05) is 6.61 Å². The van der Waals surface area contributed by atoms with Gasteiger partial charge < -0.3 is 15.5 Å². The molecule has 12 heteroatoms. The molecule has 3 rings (SSSR count). The first-order valence-corrected chi connectivity index (χ1v) is 12.1. The second-order valence-electron chi connectivity index (χ2n) is 7.26. The maximum Gasteiger partial charge on any atom is 0.389 e. The number of pyridine rings is 1. The van der Waals surface area contributed by atoms with Crippen molar-refractivity contribution in [2.24, 2.45) is 16.7 Å². The number of halogens is 4. The lowest BCUT2D eigenvalue weighted by Crippen LogP contribution is -2.29. The summed E-state index contributed by atoms with van der Waals surface area (Å²) in [6.45, 7) is 5.79. The van der Waals surface area contributed by atoms with Crippen molar-refractivity contribution in [3.05, 3.63) is 63.0 Å². The highest BCUT2D eigenvalue weighted by atomic mass is 32.1. The molecular formula is C24H29F4N5O2S. The Morgan fingerprint density at radius 2 is 1.89 bits per heavy atom. The molecule has 3 aromatic rings. The Bertz CT molecular complexity index is 1240. The summed E-state index contributed by atoms with van der Waals surface area (Å²) in [6.07, 6.45) is -4.71. The van der Waals surface area contributed by atoms with Crippen LogP contribution in [0.15, 0.2) is 46.3 Å². The average Bonchev–Trinajstić information content (AvgIpc) is 3.31. The smallest absolute Gasteiger partial charge is 0.389 e. The average molecular weight is 528 g/mol. The number of aromatic nitrogens is 1. The van der Waals surface area contributed by atoms with Gasteiger partial charge in [0.2, 0.25) is 0 Å². The predicted molar refractivity (Wildman–Crippen MR) is 135 cm³/mol. The maximum atomic E-state index is 14.9. The zero-order chi connectivity index (χ0) is 26.9. The summed E-state index contributed by atoms with van der Waals surface area (Å²) in [4.78, 5) is 17.3. The number of alkyl halides is 3. The summed E-state index contributed by atoms with van der Waals surface area (Å²) < 4.78 is 56.8. The fourth-order valence-corrected chi connectivity index (χ4v) is 4.23. The van der Waals surface area contributed by atoms with Gasteiger partial charge in [0.15, 0.2) is 5.84 Å². The summed E-state index contributed by atoms with van der Waals surface area (Å²) in [5.74, 6) is 4.44. The molecule has 0 aliphatic heterocycles. The molecule has 0 bridgehead atoms. The number of nitrogens with one attached hydrogen (secondary N) is 2. The summed E-state index contributed by atoms with van der Waals surface area (Å²) in [5, 5.41) is 3.70. The zero-order valence-corrected chi connectivity index (χ0v) is 20.9. The number of hydrogen-bond donors (Lipinski definition) is 4. The largest absolute Gasteiger partial charge is 0.493 e. The number of thiophene rings is 1. The van der Waals surface area contributed by atoms with Gasteiger partial charge in [-0.3, -0.25) is 4.79 Å². The van der Waals surface area contributed by atoms with Crippen LogP contribution < -0.4 is 27.4 Å². The highest BCUT2D eigenvalue weighted by Crippen LogP contribution is 2.33. The molecule has 0 fully saturated rings. The van der Waals surface area contributed by atoms with E-state index in [2.05, 4.69) is 15.6 Å². The van der Waals surface area contributed by atoms with E-state index in [-0.39, 0.29) is 41.4 Å². The van der Waals surface area contributed by atoms with Crippen LogP contribution in [0.2, 0.25) is 0 Å². The molecule has 0 spiro atoms. The summed E-state index contributed by atoms with van der Waals surface area (Å²) in [7, 11) is 0. The van der Waals surface area contributed by atoms with Crippen molar-refractivity contribution >= 4 is 17.2 Å². The maximum absolute atomic E-state index is 14.9. The quantitative estimate of drug-likeness (QED) is 0.0752. The number of amidine groups is 1. The van der Waals surface area contributed by atoms with E-state index in [1.165, 1.54) is 23.5 Å². The molecule has 0 unspecified atom stereocenters. The lowest BCUT2D eigenvalue weighted by atomic mass is 10.0. The molecule has 0 aliphatic carbocycles. The number of H-pyrrole nitrogens is 1. The predicted octanol–water partition coefficient (Wildman–Crippen LogP) is 5.30. The van der Waals surface area contributed by atoms with Crippen molar-refractivity contribution in [1.29, 1.82) is 0 Å². The monoisotopic (exact) mass is 527 g/mol. The number of hydrazine groups is 1. The molecule has 2 aromatic heterocycles. The third kappa shape index (κ3) is 7.56. The molecule has 0 saturated heterocycles. The van der Waals surface area contributed by atoms with Gasteiger partial charge in [0.1, 0.15) is 11.6 Å². The second kappa shape index (κ2) is 13.1. The van der Waals surface area contributed by atoms with Crippen LogP contribution >= 0.6 is 11.3 Å². The zero-order valence-electron chi connectivity index (χ0n) is 20.1. The highest BCUT2D eigenvalue weighted by molar-refractivity contribution is 7.15. The third-order valence-electron chi connectivity index (χ3n) is 4.85. The lowest BCUT2D eigenvalue weighted by Gasteiger charge is -2.12. The number of hydrogen-bond acceptors (Lipinski definition) is 6. The van der Waals surface area contributed by atoms with Gasteiger partial charge in [0, 0.05) is 33.4 Å². The van der Waals surface area contributed by atoms with Crippen LogP contribution in [-0.4, -0.2) is 23.6 Å². The number of hydrazone groups is 1. The van der Waals surface area contributed by atoms with E-state index >= 15 is 0 Å². The Balaban J connectivity index is 0.00000222. The molecule has 2 heterocycles. The van der Waals surface area contributed by atoms with E-state index < -0.39 is 24.0 Å². The normalized spacial score (nSPS) is 11.6. The Kier molecular flexibility index (Phi) is 10.5. The summed E-state index contributed by atoms with van der Waals surface area (Å²) in [6, 6.07) is 9.21. The van der Waals surface area contributed by atoms with E-state index in [0.29, 0.717) is 5.56 Å². The van der Waals surface area contributed by atoms with Gasteiger partial charge in [-0.1, -0.05) is 20.8 Å². The first-order chi connectivity index (χ1) is 17.1. The second-order valence-corrected chi connectivity index (χ2v) is 8.42. The van der Waals surface area contributed by atoms with Gasteiger partial charge in [-0.15, -0.1) is 16.4 Å². The molecule has 196 valence electrons. The number of nitrogens with two attached hydrogens (primary N) is 2. The van der Waals surface area contributed by atoms with E-state index in [1.807, 2.05) is 32.9 Å². The van der Waals surface area contributed by atoms with Crippen LogP contribution in [0.3, 0.4) is 0 Å². The molecule has 0 amide bonds. The van der Waals surface area contributed by atoms with Gasteiger partial charge in [0.25, 0.3) is 5.56 Å². The van der Waals surface area contributed by atoms with Gasteiger partial charge in [0.05, 0.1) is 17.9 Å². The fourth-order valence-electron chi connectivity index (χ4n) is 3.26. The summed E-state index contributed by atoms with van der Waals surface area (Å²) in [5.41, 5.74) is 8.19. The van der Waals surface area contributed by atoms with Crippen LogP contribution in [0, 0.1) is 5.82 Å². The van der Waals surface area contributed by atoms with Crippen molar-refractivity contribution in [2.45, 2.75) is 46.2 Å². The lowest BCUT2D eigenvalue weighted by molar-refractivity contribution is -0.136. The SMILES string of the molecule is CC.CCc1ccc(-c2cc(-c3ccc(OCCCC(F)(F)F)cc3F)[nH]c(=O)c2/C(N)=N/NN)s1. The van der Waals surface area contributed by atoms with Crippen LogP contribution in [-0.2, 0) is 6.42 Å². The van der Waals surface area contributed by atoms with E-state index in [4.69, 9.17) is 16.3 Å². The van der Waals surface area contributed by atoms with Crippen molar-refractivity contribution in [3.63, 3.8) is 0 Å². The number of rotatable bonds is 9. The number of nitrogens with zero attached hydrogens (tertiary/aromatic N) is 1. The number of benzene rings is 1. The molecule has 6 N–H and O–H groups in total. The van der Waals surface area contributed by atoms with Crippen LogP contribution in [0.5, 0.6) is 5.75 Å². The Labute approximate surface area is 210 Å². The molecule has 0 saturated carbocycles. The first-order valence-electron chi connectivity index (χ1n) is 11.3. The van der Waals surface area contributed by atoms with Crippen molar-refractivity contribution in [1.82, 2.24) is 10.5 Å². The van der Waals surface area contributed by atoms with Crippen LogP contribution in [0.1, 0.15) is 44.1 Å². The van der Waals surface area contributed by atoms with Gasteiger partial charge in [-0.25, -0.2) is 15.8 Å². The van der Waals surface area contributed by atoms with E-state index in [1.54, 1.807) is 6.07 Å². The van der Waals surface area contributed by atoms with Gasteiger partial charge >= 0.3 is 6.18 Å². The molecule has 0 atom stereocenters. The third-order valence-corrected chi connectivity index (χ3v) is 6.12. The molecule has 0 radical (unpaired) electrons. The van der Waals surface area contributed by atoms with Crippen LogP contribution in [0.25, 0.3) is 21.7 Å². The summed E-state index contributed by atoms with van der Waals surface area (Å²) >= 11 is 1.46. The molecule has 0 aliphatic rings. The van der Waals surface area contributed by atoms with Crippen molar-refractivity contribution < 1.29 is 22.3 Å². The van der Waals surface area contributed by atoms with Crippen LogP contribution in [0.4, 0.5) is 17.6 Å². The topological polar surface area (TPSA) is 119 Å². The Hall–Kier alpha value is -3.38. The fraction of sp³-hybridized carbons (Fsp3) is 0.333. The number of aryl methyl sites for hydroxylation is 1. The van der Waals surface area contributed by atoms with E-state index in [9.17, 15) is 22.4 Å². The Morgan fingerprint density at radius 1 is 1.17 bits per heavy atom. The number of ether oxygens (including phenoxy) is 1. The molecule has 36 heavy (non-hydrogen) atoms. The first kappa shape index (κ1) is 28.9. The molecule has 7 nitrogen and oxygen atoms in total. The van der Waals surface area contributed by atoms with E-state index in [0.717, 1.165) is 22.2 Å². The molecular weight excluding hydrogens is 498 g/mol. The minimum atomic E-state index is -4.27. The van der Waals surface area contributed by atoms with Gasteiger partial charge in [-0.2, -0.15) is 13.2 Å². The minimum Gasteiger partial charge on any atom is -0.493 e. The highest BCUT2D eigenvalue weighted by Gasteiger charge is 2.26. The van der Waals surface area contributed by atoms with Gasteiger partial charge in [-0.05, 0) is 43.2 Å².